The zero-order valence-corrected chi connectivity index (χ0v) is 10.2. The van der Waals surface area contributed by atoms with Crippen LogP contribution in [0.4, 0.5) is 5.95 Å². The third-order valence-corrected chi connectivity index (χ3v) is 3.39. The number of nitrogens with zero attached hydrogens (tertiary/aromatic N) is 4. The lowest BCUT2D eigenvalue weighted by atomic mass is 10.1. The van der Waals surface area contributed by atoms with Gasteiger partial charge in [0.25, 0.3) is 0 Å². The first-order valence-corrected chi connectivity index (χ1v) is 5.84. The molecular formula is C10H13N5O5. The SMILES string of the molecule is Nc1nc(=O)n2ccn([C@@]3(CO)OC[C@H](O)[C@@H]3O)c2n1. The van der Waals surface area contributed by atoms with Gasteiger partial charge in [-0.2, -0.15) is 9.97 Å². The molecule has 0 amide bonds. The predicted octanol–water partition coefficient (Wildman–Crippen LogP) is -3.13. The van der Waals surface area contributed by atoms with E-state index < -0.39 is 30.2 Å². The highest BCUT2D eigenvalue weighted by molar-refractivity contribution is 5.36. The van der Waals surface area contributed by atoms with Crippen LogP contribution in [0.25, 0.3) is 5.78 Å². The van der Waals surface area contributed by atoms with Gasteiger partial charge in [0.1, 0.15) is 12.2 Å². The molecule has 10 heteroatoms. The van der Waals surface area contributed by atoms with Crippen LogP contribution >= 0.6 is 0 Å². The number of fused-ring (bicyclic) bond motifs is 1. The van der Waals surface area contributed by atoms with Crippen molar-refractivity contribution in [3.8, 4) is 0 Å². The van der Waals surface area contributed by atoms with Gasteiger partial charge in [-0.25, -0.2) is 9.20 Å². The molecule has 3 heterocycles. The molecule has 0 radical (unpaired) electrons. The second-order valence-electron chi connectivity index (χ2n) is 4.53. The molecule has 0 saturated carbocycles. The number of imidazole rings is 1. The third kappa shape index (κ3) is 1.56. The van der Waals surface area contributed by atoms with Gasteiger partial charge >= 0.3 is 5.69 Å². The van der Waals surface area contributed by atoms with Gasteiger partial charge in [0, 0.05) is 12.4 Å². The van der Waals surface area contributed by atoms with Gasteiger partial charge in [-0.3, -0.25) is 4.57 Å². The first-order valence-electron chi connectivity index (χ1n) is 5.84. The molecule has 2 aromatic heterocycles. The minimum atomic E-state index is -1.62. The number of ether oxygens (including phenoxy) is 1. The Morgan fingerprint density at radius 3 is 2.80 bits per heavy atom. The maximum atomic E-state index is 11.7. The topological polar surface area (TPSA) is 148 Å². The fourth-order valence-electron chi connectivity index (χ4n) is 2.35. The van der Waals surface area contributed by atoms with E-state index in [4.69, 9.17) is 10.5 Å². The van der Waals surface area contributed by atoms with Crippen molar-refractivity contribution in [1.82, 2.24) is 18.9 Å². The Labute approximate surface area is 111 Å². The largest absolute Gasteiger partial charge is 0.391 e. The lowest BCUT2D eigenvalue weighted by molar-refractivity contribution is -0.149. The van der Waals surface area contributed by atoms with Crippen molar-refractivity contribution in [1.29, 1.82) is 0 Å². The molecule has 20 heavy (non-hydrogen) atoms. The summed E-state index contributed by atoms with van der Waals surface area (Å²) in [6.07, 6.45) is 0.211. The minimum Gasteiger partial charge on any atom is -0.391 e. The Bertz CT molecular complexity index is 712. The Morgan fingerprint density at radius 1 is 1.45 bits per heavy atom. The van der Waals surface area contributed by atoms with E-state index >= 15 is 0 Å². The van der Waals surface area contributed by atoms with Crippen LogP contribution in [0.2, 0.25) is 0 Å². The quantitative estimate of drug-likeness (QED) is 0.452. The molecule has 1 aliphatic rings. The third-order valence-electron chi connectivity index (χ3n) is 3.39. The molecule has 5 N–H and O–H groups in total. The Kier molecular flexibility index (Phi) is 2.76. The van der Waals surface area contributed by atoms with Crippen LogP contribution in [0, 0.1) is 0 Å². The molecule has 108 valence electrons. The fraction of sp³-hybridized carbons (Fsp3) is 0.500. The van der Waals surface area contributed by atoms with Crippen molar-refractivity contribution in [3.63, 3.8) is 0 Å². The van der Waals surface area contributed by atoms with Crippen molar-refractivity contribution < 1.29 is 20.1 Å². The summed E-state index contributed by atoms with van der Waals surface area (Å²) >= 11 is 0. The monoisotopic (exact) mass is 283 g/mol. The van der Waals surface area contributed by atoms with Crippen molar-refractivity contribution in [2.75, 3.05) is 18.9 Å². The molecule has 0 unspecified atom stereocenters. The highest BCUT2D eigenvalue weighted by atomic mass is 16.6. The van der Waals surface area contributed by atoms with Gasteiger partial charge in [-0.05, 0) is 0 Å². The van der Waals surface area contributed by atoms with E-state index in [0.717, 1.165) is 4.40 Å². The summed E-state index contributed by atoms with van der Waals surface area (Å²) in [5.41, 5.74) is 3.16. The van der Waals surface area contributed by atoms with Gasteiger partial charge in [0.05, 0.1) is 13.2 Å². The second-order valence-corrected chi connectivity index (χ2v) is 4.53. The van der Waals surface area contributed by atoms with Crippen LogP contribution in [0.15, 0.2) is 17.2 Å². The molecular weight excluding hydrogens is 270 g/mol. The average molecular weight is 283 g/mol. The van der Waals surface area contributed by atoms with E-state index in [2.05, 4.69) is 9.97 Å². The van der Waals surface area contributed by atoms with Crippen LogP contribution in [-0.4, -0.2) is 59.7 Å². The molecule has 0 aliphatic carbocycles. The summed E-state index contributed by atoms with van der Waals surface area (Å²) in [4.78, 5) is 19.0. The normalized spacial score (nSPS) is 30.1. The zero-order valence-electron chi connectivity index (χ0n) is 10.2. The Hall–Kier alpha value is -2.01. The molecule has 1 fully saturated rings. The number of hydrogen-bond acceptors (Lipinski definition) is 8. The summed E-state index contributed by atoms with van der Waals surface area (Å²) in [7, 11) is 0. The fourth-order valence-corrected chi connectivity index (χ4v) is 2.35. The second kappa shape index (κ2) is 4.24. The summed E-state index contributed by atoms with van der Waals surface area (Å²) in [5.74, 6) is -0.194. The lowest BCUT2D eigenvalue weighted by Crippen LogP contribution is -2.48. The van der Waals surface area contributed by atoms with Gasteiger partial charge in [0.2, 0.25) is 11.7 Å². The first kappa shape index (κ1) is 13.0. The van der Waals surface area contributed by atoms with E-state index in [0.29, 0.717) is 0 Å². The van der Waals surface area contributed by atoms with E-state index in [1.54, 1.807) is 0 Å². The molecule has 2 aromatic rings. The maximum absolute atomic E-state index is 11.7. The number of nitrogens with two attached hydrogens (primary N) is 1. The minimum absolute atomic E-state index is 0.0460. The Morgan fingerprint density at radius 2 is 2.20 bits per heavy atom. The highest BCUT2D eigenvalue weighted by Crippen LogP contribution is 2.32. The molecule has 0 spiro atoms. The summed E-state index contributed by atoms with van der Waals surface area (Å²) in [6, 6.07) is 0. The maximum Gasteiger partial charge on any atom is 0.357 e. The number of rotatable bonds is 2. The average Bonchev–Trinajstić information content (AvgIpc) is 2.94. The number of anilines is 1. The summed E-state index contributed by atoms with van der Waals surface area (Å²) in [5, 5.41) is 29.3. The number of nitrogen functional groups attached to an aromatic ring is 1. The van der Waals surface area contributed by atoms with E-state index in [-0.39, 0.29) is 18.3 Å². The standard InChI is InChI=1S/C10H13N5O5/c11-7-12-8-14(9(19)13-7)1-2-15(8)10(4-16)6(18)5(17)3-20-10/h1-2,5-6,16-18H,3-4H2,(H2,11,13,19)/t5-,6-,10-/m0/s1. The Balaban J connectivity index is 2.26. The molecule has 10 nitrogen and oxygen atoms in total. The van der Waals surface area contributed by atoms with Crippen molar-refractivity contribution in [3.05, 3.63) is 22.9 Å². The van der Waals surface area contributed by atoms with Gasteiger partial charge in [-0.1, -0.05) is 0 Å². The smallest absolute Gasteiger partial charge is 0.357 e. The summed E-state index contributed by atoms with van der Waals surface area (Å²) < 4.78 is 7.69. The molecule has 3 rings (SSSR count). The van der Waals surface area contributed by atoms with Crippen LogP contribution < -0.4 is 11.4 Å². The lowest BCUT2D eigenvalue weighted by Gasteiger charge is -2.31. The van der Waals surface area contributed by atoms with E-state index in [1.165, 1.54) is 17.0 Å². The van der Waals surface area contributed by atoms with E-state index in [9.17, 15) is 20.1 Å². The molecule has 1 aliphatic heterocycles. The van der Waals surface area contributed by atoms with Crippen LogP contribution in [0.5, 0.6) is 0 Å². The molecule has 0 aromatic carbocycles. The molecule has 0 bridgehead atoms. The van der Waals surface area contributed by atoms with Crippen LogP contribution in [0.1, 0.15) is 0 Å². The number of hydrogen-bond donors (Lipinski definition) is 4. The van der Waals surface area contributed by atoms with Crippen LogP contribution in [0.3, 0.4) is 0 Å². The van der Waals surface area contributed by atoms with Gasteiger partial charge in [-0.15, -0.1) is 0 Å². The summed E-state index contributed by atoms with van der Waals surface area (Å²) in [6.45, 7) is -0.773. The zero-order chi connectivity index (χ0) is 14.5. The van der Waals surface area contributed by atoms with Crippen molar-refractivity contribution in [2.24, 2.45) is 0 Å². The van der Waals surface area contributed by atoms with E-state index in [1.807, 2.05) is 0 Å². The number of aromatic nitrogens is 4. The van der Waals surface area contributed by atoms with Gasteiger partial charge in [0.15, 0.2) is 5.72 Å². The van der Waals surface area contributed by atoms with Crippen molar-refractivity contribution >= 4 is 11.7 Å². The first-order chi connectivity index (χ1) is 9.49. The predicted molar refractivity (Wildman–Crippen MR) is 64.7 cm³/mol. The highest BCUT2D eigenvalue weighted by Gasteiger charge is 2.51. The molecule has 3 atom stereocenters. The molecule has 1 saturated heterocycles. The van der Waals surface area contributed by atoms with Crippen LogP contribution in [-0.2, 0) is 10.5 Å². The number of aliphatic hydroxyl groups excluding tert-OH is 3. The van der Waals surface area contributed by atoms with Gasteiger partial charge < -0.3 is 25.8 Å². The van der Waals surface area contributed by atoms with Crippen molar-refractivity contribution in [2.45, 2.75) is 17.9 Å². The number of aliphatic hydroxyl groups is 3.